The highest BCUT2D eigenvalue weighted by atomic mass is 19.4. The first-order valence-electron chi connectivity index (χ1n) is 9.86. The molecule has 1 heterocycles. The summed E-state index contributed by atoms with van der Waals surface area (Å²) in [5.74, 6) is -3.57. The zero-order valence-corrected chi connectivity index (χ0v) is 16.8. The molecule has 11 heteroatoms. The number of rotatable bonds is 7. The van der Waals surface area contributed by atoms with Gasteiger partial charge in [-0.25, -0.2) is 4.79 Å². The van der Waals surface area contributed by atoms with E-state index in [1.165, 1.54) is 18.2 Å². The second-order valence-corrected chi connectivity index (χ2v) is 7.80. The number of ether oxygens (including phenoxy) is 2. The minimum absolute atomic E-state index is 0.200. The molecule has 1 aliphatic carbocycles. The van der Waals surface area contributed by atoms with Crippen LogP contribution in [0, 0.1) is 5.92 Å². The number of carboxylic acid groups (broad SMARTS) is 1. The summed E-state index contributed by atoms with van der Waals surface area (Å²) in [6, 6.07) is 4.78. The molecule has 33 heavy (non-hydrogen) atoms. The minimum Gasteiger partial charge on any atom is -0.482 e. The first-order valence-corrected chi connectivity index (χ1v) is 9.86. The molecular formula is C22H17F6NO4. The average molecular weight is 473 g/mol. The smallest absolute Gasteiger partial charge is 0.420 e. The molecule has 176 valence electrons. The fraction of sp³-hybridized carbons (Fsp3) is 0.318. The lowest BCUT2D eigenvalue weighted by molar-refractivity contribution is -0.145. The van der Waals surface area contributed by atoms with Crippen LogP contribution in [0.1, 0.15) is 29.5 Å². The third kappa shape index (κ3) is 5.18. The van der Waals surface area contributed by atoms with Crippen LogP contribution in [0.2, 0.25) is 0 Å². The van der Waals surface area contributed by atoms with Crippen LogP contribution in [0.25, 0.3) is 10.9 Å². The predicted octanol–water partition coefficient (Wildman–Crippen LogP) is 6.41. The first-order chi connectivity index (χ1) is 15.4. The van der Waals surface area contributed by atoms with Gasteiger partial charge in [0.25, 0.3) is 0 Å². The van der Waals surface area contributed by atoms with Gasteiger partial charge in [0.05, 0.1) is 0 Å². The van der Waals surface area contributed by atoms with Crippen molar-refractivity contribution in [3.05, 3.63) is 53.2 Å². The molecular weight excluding hydrogens is 456 g/mol. The molecule has 5 nitrogen and oxygen atoms in total. The number of alkyl halides is 6. The summed E-state index contributed by atoms with van der Waals surface area (Å²) in [5.41, 5.74) is -1.87. The highest BCUT2D eigenvalue weighted by molar-refractivity contribution is 5.84. The SMILES string of the molecule is O=C(O)COc1cc(C(F)(F)F)c(Oc2ccc3[nH]cc(CC4CC4)c3c2)c(C(F)(F)F)c1. The molecule has 0 unspecified atom stereocenters. The van der Waals surface area contributed by atoms with E-state index in [9.17, 15) is 31.1 Å². The Morgan fingerprint density at radius 1 is 1.00 bits per heavy atom. The molecule has 1 fully saturated rings. The molecule has 0 spiro atoms. The number of nitrogens with one attached hydrogen (secondary N) is 1. The zero-order chi connectivity index (χ0) is 24.0. The van der Waals surface area contributed by atoms with Crippen molar-refractivity contribution >= 4 is 16.9 Å². The highest BCUT2D eigenvalue weighted by Crippen LogP contribution is 2.48. The van der Waals surface area contributed by atoms with Crippen molar-refractivity contribution in [3.8, 4) is 17.2 Å². The molecule has 1 aromatic heterocycles. The number of carbonyl (C=O) groups is 1. The lowest BCUT2D eigenvalue weighted by atomic mass is 10.1. The van der Waals surface area contributed by atoms with Gasteiger partial charge in [0.15, 0.2) is 12.4 Å². The van der Waals surface area contributed by atoms with Gasteiger partial charge in [-0.3, -0.25) is 0 Å². The summed E-state index contributed by atoms with van der Waals surface area (Å²) in [4.78, 5) is 13.7. The normalized spacial score (nSPS) is 14.5. The Morgan fingerprint density at radius 3 is 2.18 bits per heavy atom. The molecule has 2 N–H and O–H groups in total. The van der Waals surface area contributed by atoms with Gasteiger partial charge in [0, 0.05) is 17.1 Å². The molecule has 0 amide bonds. The Kier molecular flexibility index (Phi) is 5.67. The predicted molar refractivity (Wildman–Crippen MR) is 104 cm³/mol. The van der Waals surface area contributed by atoms with E-state index < -0.39 is 47.6 Å². The summed E-state index contributed by atoms with van der Waals surface area (Å²) in [5, 5.41) is 9.29. The third-order valence-electron chi connectivity index (χ3n) is 5.20. The first kappa shape index (κ1) is 22.8. The highest BCUT2D eigenvalue weighted by Gasteiger charge is 2.43. The maximum Gasteiger partial charge on any atom is 0.420 e. The number of hydrogen-bond acceptors (Lipinski definition) is 3. The number of carboxylic acids is 1. The molecule has 0 saturated heterocycles. The van der Waals surface area contributed by atoms with Crippen molar-refractivity contribution in [2.24, 2.45) is 5.92 Å². The fourth-order valence-corrected chi connectivity index (χ4v) is 3.50. The largest absolute Gasteiger partial charge is 0.482 e. The van der Waals surface area contributed by atoms with Crippen molar-refractivity contribution in [1.82, 2.24) is 4.98 Å². The maximum absolute atomic E-state index is 13.7. The van der Waals surface area contributed by atoms with Crippen molar-refractivity contribution in [1.29, 1.82) is 0 Å². The zero-order valence-electron chi connectivity index (χ0n) is 16.8. The van der Waals surface area contributed by atoms with E-state index in [-0.39, 0.29) is 5.75 Å². The summed E-state index contributed by atoms with van der Waals surface area (Å²) >= 11 is 0. The van der Waals surface area contributed by atoms with Crippen molar-refractivity contribution < 1.29 is 45.7 Å². The maximum atomic E-state index is 13.7. The van der Waals surface area contributed by atoms with Crippen LogP contribution in [-0.2, 0) is 23.6 Å². The molecule has 1 saturated carbocycles. The van der Waals surface area contributed by atoms with Gasteiger partial charge in [-0.1, -0.05) is 0 Å². The summed E-state index contributed by atoms with van der Waals surface area (Å²) < 4.78 is 91.9. The number of aromatic nitrogens is 1. The number of benzene rings is 2. The monoisotopic (exact) mass is 473 g/mol. The van der Waals surface area contributed by atoms with Gasteiger partial charge < -0.3 is 19.6 Å². The molecule has 0 aliphatic heterocycles. The van der Waals surface area contributed by atoms with E-state index in [0.29, 0.717) is 29.0 Å². The molecule has 0 atom stereocenters. The molecule has 3 aromatic rings. The third-order valence-corrected chi connectivity index (χ3v) is 5.20. The van der Waals surface area contributed by atoms with E-state index in [1.54, 1.807) is 6.20 Å². The number of halogens is 6. The van der Waals surface area contributed by atoms with E-state index in [0.717, 1.165) is 24.8 Å². The van der Waals surface area contributed by atoms with Crippen LogP contribution < -0.4 is 9.47 Å². The van der Waals surface area contributed by atoms with E-state index in [2.05, 4.69) is 9.72 Å². The number of H-pyrrole nitrogens is 1. The molecule has 4 rings (SSSR count). The summed E-state index contributed by atoms with van der Waals surface area (Å²) in [6.45, 7) is -1.11. The fourth-order valence-electron chi connectivity index (χ4n) is 3.50. The Hall–Kier alpha value is -3.37. The standard InChI is InChI=1S/C22H17F6NO4/c23-21(24,25)16-7-14(32-10-19(30)31)8-17(22(26,27)28)20(16)33-13-3-4-18-15(6-13)12(9-29-18)5-11-1-2-11/h3-4,6-9,11,29H,1-2,5,10H2,(H,30,31). The van der Waals surface area contributed by atoms with Crippen LogP contribution in [0.5, 0.6) is 17.2 Å². The average Bonchev–Trinajstić information content (AvgIpc) is 3.44. The van der Waals surface area contributed by atoms with Gasteiger partial charge in [-0.05, 0) is 61.1 Å². The number of fused-ring (bicyclic) bond motifs is 1. The number of hydrogen-bond donors (Lipinski definition) is 2. The van der Waals surface area contributed by atoms with Crippen LogP contribution >= 0.6 is 0 Å². The second-order valence-electron chi connectivity index (χ2n) is 7.80. The van der Waals surface area contributed by atoms with Crippen LogP contribution in [0.15, 0.2) is 36.5 Å². The van der Waals surface area contributed by atoms with Gasteiger partial charge in [-0.15, -0.1) is 0 Å². The lowest BCUT2D eigenvalue weighted by Crippen LogP contribution is -2.16. The van der Waals surface area contributed by atoms with E-state index in [1.807, 2.05) is 0 Å². The number of aromatic amines is 1. The van der Waals surface area contributed by atoms with Crippen LogP contribution in [0.4, 0.5) is 26.3 Å². The Morgan fingerprint density at radius 2 is 1.64 bits per heavy atom. The Balaban J connectivity index is 1.79. The lowest BCUT2D eigenvalue weighted by Gasteiger charge is -2.20. The van der Waals surface area contributed by atoms with Crippen LogP contribution in [0.3, 0.4) is 0 Å². The van der Waals surface area contributed by atoms with Gasteiger partial charge in [-0.2, -0.15) is 26.3 Å². The quantitative estimate of drug-likeness (QED) is 0.389. The van der Waals surface area contributed by atoms with E-state index in [4.69, 9.17) is 9.84 Å². The van der Waals surface area contributed by atoms with Crippen molar-refractivity contribution in [2.75, 3.05) is 6.61 Å². The second kappa shape index (κ2) is 8.20. The van der Waals surface area contributed by atoms with Crippen molar-refractivity contribution in [3.63, 3.8) is 0 Å². The van der Waals surface area contributed by atoms with E-state index >= 15 is 0 Å². The van der Waals surface area contributed by atoms with Gasteiger partial charge in [0.1, 0.15) is 22.6 Å². The Bertz CT molecular complexity index is 1160. The molecule has 0 radical (unpaired) electrons. The molecule has 1 aliphatic rings. The molecule has 2 aromatic carbocycles. The Labute approximate surface area is 182 Å². The summed E-state index contributed by atoms with van der Waals surface area (Å²) in [6.07, 6.45) is -5.79. The van der Waals surface area contributed by atoms with Gasteiger partial charge in [0.2, 0.25) is 0 Å². The van der Waals surface area contributed by atoms with Crippen LogP contribution in [-0.4, -0.2) is 22.7 Å². The minimum atomic E-state index is -5.23. The molecule has 0 bridgehead atoms. The summed E-state index contributed by atoms with van der Waals surface area (Å²) in [7, 11) is 0. The topological polar surface area (TPSA) is 71.6 Å². The number of aliphatic carboxylic acids is 1. The van der Waals surface area contributed by atoms with Gasteiger partial charge >= 0.3 is 18.3 Å². The van der Waals surface area contributed by atoms with Crippen molar-refractivity contribution in [2.45, 2.75) is 31.6 Å².